The van der Waals surface area contributed by atoms with Crippen LogP contribution in [0.2, 0.25) is 0 Å². The van der Waals surface area contributed by atoms with Crippen molar-refractivity contribution in [1.29, 1.82) is 0 Å². The molecular weight excluding hydrogens is 224 g/mol. The van der Waals surface area contributed by atoms with Crippen LogP contribution in [0, 0.1) is 35.0 Å². The minimum atomic E-state index is -0.572. The zero-order valence-electron chi connectivity index (χ0n) is 11.7. The Morgan fingerprint density at radius 3 is 2.39 bits per heavy atom. The topological polar surface area (TPSA) is 37.3 Å². The van der Waals surface area contributed by atoms with Crippen LogP contribution >= 0.6 is 0 Å². The highest BCUT2D eigenvalue weighted by molar-refractivity contribution is 5.70. The molecule has 4 aliphatic rings. The molecule has 3 unspecified atom stereocenters. The number of hydrogen-bond donors (Lipinski definition) is 1. The molecule has 4 saturated carbocycles. The lowest BCUT2D eigenvalue weighted by atomic mass is 9.44. The van der Waals surface area contributed by atoms with Crippen molar-refractivity contribution in [3.63, 3.8) is 0 Å². The molecule has 2 nitrogen and oxygen atoms in total. The Morgan fingerprint density at radius 2 is 1.89 bits per heavy atom. The Kier molecular flexibility index (Phi) is 2.95. The molecule has 0 spiro atoms. The minimum absolute atomic E-state index is 0.126. The van der Waals surface area contributed by atoms with E-state index in [4.69, 9.17) is 0 Å². The summed E-state index contributed by atoms with van der Waals surface area (Å²) < 4.78 is 0. The molecule has 4 fully saturated rings. The zero-order valence-corrected chi connectivity index (χ0v) is 11.7. The van der Waals surface area contributed by atoms with Gasteiger partial charge in [-0.15, -0.1) is 0 Å². The molecule has 0 aliphatic heterocycles. The van der Waals surface area contributed by atoms with Crippen LogP contribution in [0.1, 0.15) is 58.8 Å². The van der Waals surface area contributed by atoms with Crippen molar-refractivity contribution in [2.75, 3.05) is 0 Å². The summed E-state index contributed by atoms with van der Waals surface area (Å²) in [6.45, 7) is 4.25. The molecule has 4 aliphatic carbocycles. The molecule has 4 bridgehead atoms. The summed E-state index contributed by atoms with van der Waals surface area (Å²) in [6, 6.07) is 0. The first-order valence-electron chi connectivity index (χ1n) is 7.77. The van der Waals surface area contributed by atoms with Crippen LogP contribution in [0.25, 0.3) is 0 Å². The molecular formula is C16H26O2. The molecule has 0 heterocycles. The van der Waals surface area contributed by atoms with Gasteiger partial charge in [0.15, 0.2) is 0 Å². The predicted octanol–water partition coefficient (Wildman–Crippen LogP) is 3.95. The summed E-state index contributed by atoms with van der Waals surface area (Å²) in [5.41, 5.74) is 0.611. The third-order valence-corrected chi connectivity index (χ3v) is 6.22. The number of carboxylic acid groups (broad SMARTS) is 1. The number of aliphatic carboxylic acids is 1. The molecule has 0 aromatic heterocycles. The molecule has 0 aromatic rings. The first-order chi connectivity index (χ1) is 8.54. The van der Waals surface area contributed by atoms with Gasteiger partial charge in [0.25, 0.3) is 0 Å². The van der Waals surface area contributed by atoms with Crippen molar-refractivity contribution in [3.8, 4) is 0 Å². The van der Waals surface area contributed by atoms with Gasteiger partial charge in [0, 0.05) is 0 Å². The van der Waals surface area contributed by atoms with Gasteiger partial charge in [-0.3, -0.25) is 4.79 Å². The highest BCUT2D eigenvalue weighted by atomic mass is 16.4. The molecule has 0 radical (unpaired) electrons. The fourth-order valence-corrected chi connectivity index (χ4v) is 6.05. The van der Waals surface area contributed by atoms with Crippen LogP contribution in [0.3, 0.4) is 0 Å². The van der Waals surface area contributed by atoms with Gasteiger partial charge in [-0.05, 0) is 67.6 Å². The first-order valence-corrected chi connectivity index (χ1v) is 7.77. The standard InChI is InChI=1S/C16H26O2/c1-3-4-16-7-11-5-12(8-16)14(10(2)15(17)18)13(6-11)9-16/h10-14H,3-9H2,1-2H3,(H,17,18). The van der Waals surface area contributed by atoms with Crippen molar-refractivity contribution >= 4 is 5.97 Å². The van der Waals surface area contributed by atoms with Crippen LogP contribution in [0.15, 0.2) is 0 Å². The Bertz CT molecular complexity index is 333. The van der Waals surface area contributed by atoms with E-state index in [0.717, 1.165) is 5.92 Å². The largest absolute Gasteiger partial charge is 0.481 e. The summed E-state index contributed by atoms with van der Waals surface area (Å²) in [7, 11) is 0. The third kappa shape index (κ3) is 1.80. The Labute approximate surface area is 110 Å². The highest BCUT2D eigenvalue weighted by Crippen LogP contribution is 2.64. The summed E-state index contributed by atoms with van der Waals surface area (Å²) in [6.07, 6.45) is 9.43. The van der Waals surface area contributed by atoms with E-state index in [1.807, 2.05) is 6.92 Å². The Hall–Kier alpha value is -0.530. The SMILES string of the molecule is CCCC12CC3CC(C1)C(C(C)C(=O)O)C(C3)C2. The second kappa shape index (κ2) is 4.25. The van der Waals surface area contributed by atoms with Crippen LogP contribution < -0.4 is 0 Å². The molecule has 2 heteroatoms. The van der Waals surface area contributed by atoms with E-state index >= 15 is 0 Å². The molecule has 1 N–H and O–H groups in total. The second-order valence-corrected chi connectivity index (χ2v) is 7.42. The van der Waals surface area contributed by atoms with Crippen molar-refractivity contribution < 1.29 is 9.90 Å². The van der Waals surface area contributed by atoms with Crippen LogP contribution in [0.5, 0.6) is 0 Å². The number of hydrogen-bond acceptors (Lipinski definition) is 1. The number of carboxylic acids is 1. The lowest BCUT2D eigenvalue weighted by molar-refractivity contribution is -0.156. The first kappa shape index (κ1) is 12.5. The maximum Gasteiger partial charge on any atom is 0.306 e. The lowest BCUT2D eigenvalue weighted by Crippen LogP contribution is -2.53. The molecule has 0 aromatic carbocycles. The average Bonchev–Trinajstić information content (AvgIpc) is 2.26. The van der Waals surface area contributed by atoms with Crippen LogP contribution in [-0.2, 0) is 4.79 Å². The van der Waals surface area contributed by atoms with Gasteiger partial charge < -0.3 is 5.11 Å². The van der Waals surface area contributed by atoms with Crippen molar-refractivity contribution in [3.05, 3.63) is 0 Å². The van der Waals surface area contributed by atoms with Gasteiger partial charge >= 0.3 is 5.97 Å². The van der Waals surface area contributed by atoms with Gasteiger partial charge in [0.2, 0.25) is 0 Å². The normalized spacial score (nSPS) is 47.2. The molecule has 0 amide bonds. The summed E-state index contributed by atoms with van der Waals surface area (Å²) in [5.74, 6) is 2.13. The minimum Gasteiger partial charge on any atom is -0.481 e. The van der Waals surface area contributed by atoms with E-state index in [2.05, 4.69) is 6.92 Å². The van der Waals surface area contributed by atoms with Crippen molar-refractivity contribution in [1.82, 2.24) is 0 Å². The third-order valence-electron chi connectivity index (χ3n) is 6.22. The molecule has 3 atom stereocenters. The van der Waals surface area contributed by atoms with Crippen LogP contribution in [0.4, 0.5) is 0 Å². The second-order valence-electron chi connectivity index (χ2n) is 7.42. The zero-order chi connectivity index (χ0) is 12.9. The van der Waals surface area contributed by atoms with Gasteiger partial charge in [-0.2, -0.15) is 0 Å². The fraction of sp³-hybridized carbons (Fsp3) is 0.938. The van der Waals surface area contributed by atoms with Gasteiger partial charge in [0.05, 0.1) is 5.92 Å². The lowest BCUT2D eigenvalue weighted by Gasteiger charge is -2.61. The Morgan fingerprint density at radius 1 is 1.28 bits per heavy atom. The van der Waals surface area contributed by atoms with E-state index in [1.165, 1.54) is 44.9 Å². The molecule has 18 heavy (non-hydrogen) atoms. The summed E-state index contributed by atoms with van der Waals surface area (Å²) in [5, 5.41) is 9.33. The fourth-order valence-electron chi connectivity index (χ4n) is 6.05. The summed E-state index contributed by atoms with van der Waals surface area (Å²) in [4.78, 5) is 11.3. The number of carbonyl (C=O) groups is 1. The summed E-state index contributed by atoms with van der Waals surface area (Å²) >= 11 is 0. The quantitative estimate of drug-likeness (QED) is 0.820. The van der Waals surface area contributed by atoms with Crippen molar-refractivity contribution in [2.45, 2.75) is 58.8 Å². The highest BCUT2D eigenvalue weighted by Gasteiger charge is 2.56. The molecule has 4 rings (SSSR count). The van der Waals surface area contributed by atoms with Gasteiger partial charge in [0.1, 0.15) is 0 Å². The van der Waals surface area contributed by atoms with E-state index in [9.17, 15) is 9.90 Å². The van der Waals surface area contributed by atoms with E-state index < -0.39 is 5.97 Å². The van der Waals surface area contributed by atoms with Crippen LogP contribution in [-0.4, -0.2) is 11.1 Å². The maximum atomic E-state index is 11.3. The maximum absolute atomic E-state index is 11.3. The van der Waals surface area contributed by atoms with Gasteiger partial charge in [-0.25, -0.2) is 0 Å². The van der Waals surface area contributed by atoms with Gasteiger partial charge in [-0.1, -0.05) is 20.3 Å². The number of rotatable bonds is 4. The molecule has 102 valence electrons. The van der Waals surface area contributed by atoms with E-state index in [0.29, 0.717) is 23.2 Å². The Balaban J connectivity index is 1.82. The smallest absolute Gasteiger partial charge is 0.306 e. The molecule has 0 saturated heterocycles. The monoisotopic (exact) mass is 250 g/mol. The van der Waals surface area contributed by atoms with E-state index in [1.54, 1.807) is 0 Å². The average molecular weight is 250 g/mol. The van der Waals surface area contributed by atoms with Crippen molar-refractivity contribution in [2.24, 2.45) is 35.0 Å². The van der Waals surface area contributed by atoms with E-state index in [-0.39, 0.29) is 5.92 Å². The predicted molar refractivity (Wildman–Crippen MR) is 71.2 cm³/mol.